The zero-order valence-electron chi connectivity index (χ0n) is 15.9. The van der Waals surface area contributed by atoms with Crippen LogP contribution in [-0.4, -0.2) is 54.7 Å². The second-order valence-electron chi connectivity index (χ2n) is 6.54. The summed E-state index contributed by atoms with van der Waals surface area (Å²) in [5.41, 5.74) is 1.20. The molecular formula is C20H31N3O3. The van der Waals surface area contributed by atoms with E-state index in [1.807, 2.05) is 19.1 Å². The fourth-order valence-electron chi connectivity index (χ4n) is 3.18. The van der Waals surface area contributed by atoms with Gasteiger partial charge in [-0.25, -0.2) is 0 Å². The summed E-state index contributed by atoms with van der Waals surface area (Å²) in [6, 6.07) is 7.31. The zero-order chi connectivity index (χ0) is 18.8. The highest BCUT2D eigenvalue weighted by atomic mass is 16.5. The van der Waals surface area contributed by atoms with E-state index in [1.54, 1.807) is 12.1 Å². The van der Waals surface area contributed by atoms with Crippen molar-refractivity contribution in [3.63, 3.8) is 0 Å². The van der Waals surface area contributed by atoms with Gasteiger partial charge in [0.15, 0.2) is 5.96 Å². The van der Waals surface area contributed by atoms with E-state index in [-0.39, 0.29) is 11.9 Å². The Hall–Kier alpha value is -2.24. The molecule has 0 amide bonds. The van der Waals surface area contributed by atoms with Crippen molar-refractivity contribution in [1.82, 2.24) is 10.2 Å². The third-order valence-electron chi connectivity index (χ3n) is 4.50. The molecule has 1 aliphatic rings. The number of hydrogen-bond donors (Lipinski definition) is 2. The van der Waals surface area contributed by atoms with Crippen LogP contribution in [0.2, 0.25) is 0 Å². The van der Waals surface area contributed by atoms with Crippen LogP contribution in [0.25, 0.3) is 0 Å². The predicted octanol–water partition coefficient (Wildman–Crippen LogP) is 2.57. The first-order chi connectivity index (χ1) is 12.6. The summed E-state index contributed by atoms with van der Waals surface area (Å²) in [4.78, 5) is 19.0. The summed E-state index contributed by atoms with van der Waals surface area (Å²) in [5.74, 6) is 1.01. The molecule has 1 heterocycles. The highest BCUT2D eigenvalue weighted by Crippen LogP contribution is 2.18. The number of nitrogens with zero attached hydrogens (tertiary/aromatic N) is 2. The molecule has 6 nitrogen and oxygen atoms in total. The predicted molar refractivity (Wildman–Crippen MR) is 103 cm³/mol. The van der Waals surface area contributed by atoms with Crippen molar-refractivity contribution in [2.45, 2.75) is 39.5 Å². The van der Waals surface area contributed by atoms with Gasteiger partial charge in [-0.2, -0.15) is 0 Å². The number of phenols is 1. The molecule has 0 saturated carbocycles. The lowest BCUT2D eigenvalue weighted by atomic mass is 9.98. The quantitative estimate of drug-likeness (QED) is 0.338. The molecule has 1 fully saturated rings. The van der Waals surface area contributed by atoms with Gasteiger partial charge < -0.3 is 20.1 Å². The number of nitrogens with one attached hydrogen (secondary N) is 1. The smallest absolute Gasteiger partial charge is 0.310 e. The molecule has 0 bridgehead atoms. The number of ether oxygens (including phenoxy) is 1. The highest BCUT2D eigenvalue weighted by molar-refractivity contribution is 5.81. The molecule has 1 aromatic rings. The van der Waals surface area contributed by atoms with E-state index in [0.717, 1.165) is 51.3 Å². The number of benzene rings is 1. The van der Waals surface area contributed by atoms with Crippen molar-refractivity contribution in [3.05, 3.63) is 29.8 Å². The Balaban J connectivity index is 1.88. The van der Waals surface area contributed by atoms with Crippen molar-refractivity contribution in [3.8, 4) is 5.75 Å². The summed E-state index contributed by atoms with van der Waals surface area (Å²) in [6.07, 6.45) is 3.72. The van der Waals surface area contributed by atoms with E-state index < -0.39 is 0 Å². The van der Waals surface area contributed by atoms with E-state index in [9.17, 15) is 9.90 Å². The Bertz CT molecular complexity index is 586. The Morgan fingerprint density at radius 3 is 2.81 bits per heavy atom. The maximum atomic E-state index is 12.0. The second-order valence-corrected chi connectivity index (χ2v) is 6.54. The van der Waals surface area contributed by atoms with Crippen LogP contribution in [0.3, 0.4) is 0 Å². The van der Waals surface area contributed by atoms with Gasteiger partial charge in [-0.3, -0.25) is 9.79 Å². The number of carbonyl (C=O) groups excluding carboxylic acids is 1. The van der Waals surface area contributed by atoms with Gasteiger partial charge in [0.05, 0.1) is 12.5 Å². The molecule has 1 unspecified atom stereocenters. The average Bonchev–Trinajstić information content (AvgIpc) is 2.66. The van der Waals surface area contributed by atoms with Gasteiger partial charge in [-0.05, 0) is 57.2 Å². The second kappa shape index (κ2) is 10.7. The number of likely N-dealkylation sites (tertiary alicyclic amines) is 1. The highest BCUT2D eigenvalue weighted by Gasteiger charge is 2.28. The third kappa shape index (κ3) is 6.24. The minimum Gasteiger partial charge on any atom is -0.508 e. The summed E-state index contributed by atoms with van der Waals surface area (Å²) >= 11 is 0. The standard InChI is InChI=1S/C20H31N3O3/c1-3-21-20(22-13-5-7-16-9-11-18(24)12-10-16)23-14-6-8-17(15-23)19(25)26-4-2/h9-12,17,24H,3-8,13-15H2,1-2H3,(H,21,22). The van der Waals surface area contributed by atoms with Crippen LogP contribution in [0.5, 0.6) is 5.75 Å². The number of phenolic OH excluding ortho intramolecular Hbond substituents is 1. The molecule has 2 N–H and O–H groups in total. The molecule has 0 aliphatic carbocycles. The fraction of sp³-hybridized carbons (Fsp3) is 0.600. The van der Waals surface area contributed by atoms with Crippen LogP contribution >= 0.6 is 0 Å². The summed E-state index contributed by atoms with van der Waals surface area (Å²) < 4.78 is 5.18. The van der Waals surface area contributed by atoms with Crippen molar-refractivity contribution in [1.29, 1.82) is 0 Å². The molecule has 1 aliphatic heterocycles. The molecule has 1 saturated heterocycles. The van der Waals surface area contributed by atoms with E-state index in [2.05, 4.69) is 17.1 Å². The van der Waals surface area contributed by atoms with Gasteiger partial charge in [-0.1, -0.05) is 12.1 Å². The van der Waals surface area contributed by atoms with Gasteiger partial charge in [0, 0.05) is 26.2 Å². The van der Waals surface area contributed by atoms with Gasteiger partial charge in [0.25, 0.3) is 0 Å². The minimum absolute atomic E-state index is 0.0652. The molecule has 0 aromatic heterocycles. The van der Waals surface area contributed by atoms with E-state index >= 15 is 0 Å². The number of guanidine groups is 1. The maximum absolute atomic E-state index is 12.0. The lowest BCUT2D eigenvalue weighted by molar-refractivity contribution is -0.149. The topological polar surface area (TPSA) is 74.2 Å². The maximum Gasteiger partial charge on any atom is 0.310 e. The van der Waals surface area contributed by atoms with Crippen LogP contribution in [-0.2, 0) is 16.0 Å². The number of hydrogen-bond acceptors (Lipinski definition) is 4. The normalized spacial score (nSPS) is 17.8. The van der Waals surface area contributed by atoms with Crippen molar-refractivity contribution in [2.24, 2.45) is 10.9 Å². The first kappa shape index (κ1) is 20.1. The van der Waals surface area contributed by atoms with Crippen LogP contribution < -0.4 is 5.32 Å². The Kier molecular flexibility index (Phi) is 8.25. The largest absolute Gasteiger partial charge is 0.508 e. The van der Waals surface area contributed by atoms with Crippen molar-refractivity contribution >= 4 is 11.9 Å². The van der Waals surface area contributed by atoms with Crippen LogP contribution in [0, 0.1) is 5.92 Å². The number of aromatic hydroxyl groups is 1. The van der Waals surface area contributed by atoms with Gasteiger partial charge in [0.1, 0.15) is 5.75 Å². The minimum atomic E-state index is -0.0969. The SMILES string of the molecule is CCNC(=NCCCc1ccc(O)cc1)N1CCCC(C(=O)OCC)C1. The number of piperidine rings is 1. The molecule has 26 heavy (non-hydrogen) atoms. The third-order valence-corrected chi connectivity index (χ3v) is 4.50. The fourth-order valence-corrected chi connectivity index (χ4v) is 3.18. The average molecular weight is 361 g/mol. The number of carbonyl (C=O) groups is 1. The first-order valence-electron chi connectivity index (χ1n) is 9.61. The van der Waals surface area contributed by atoms with Crippen LogP contribution in [0.1, 0.15) is 38.7 Å². The van der Waals surface area contributed by atoms with Crippen molar-refractivity contribution in [2.75, 3.05) is 32.8 Å². The molecule has 0 radical (unpaired) electrons. The van der Waals surface area contributed by atoms with E-state index in [4.69, 9.17) is 9.73 Å². The van der Waals surface area contributed by atoms with Crippen molar-refractivity contribution < 1.29 is 14.6 Å². The van der Waals surface area contributed by atoms with Crippen LogP contribution in [0.4, 0.5) is 0 Å². The molecule has 2 rings (SSSR count). The number of aliphatic imine (C=N–C) groups is 1. The molecule has 144 valence electrons. The van der Waals surface area contributed by atoms with Gasteiger partial charge in [0.2, 0.25) is 0 Å². The van der Waals surface area contributed by atoms with E-state index in [1.165, 1.54) is 5.56 Å². The zero-order valence-corrected chi connectivity index (χ0v) is 15.9. The summed E-state index contributed by atoms with van der Waals surface area (Å²) in [6.45, 7) is 7.45. The molecular weight excluding hydrogens is 330 g/mol. The Morgan fingerprint density at radius 2 is 2.12 bits per heavy atom. The van der Waals surface area contributed by atoms with Gasteiger partial charge >= 0.3 is 5.97 Å². The van der Waals surface area contributed by atoms with E-state index in [0.29, 0.717) is 18.9 Å². The molecule has 0 spiro atoms. The Morgan fingerprint density at radius 1 is 1.35 bits per heavy atom. The first-order valence-corrected chi connectivity index (χ1v) is 9.61. The Labute approximate surface area is 156 Å². The summed E-state index contributed by atoms with van der Waals surface area (Å²) in [7, 11) is 0. The lowest BCUT2D eigenvalue weighted by Gasteiger charge is -2.34. The van der Waals surface area contributed by atoms with Gasteiger partial charge in [-0.15, -0.1) is 0 Å². The molecule has 6 heteroatoms. The summed E-state index contributed by atoms with van der Waals surface area (Å²) in [5, 5.41) is 12.7. The number of aryl methyl sites for hydroxylation is 1. The molecule has 1 atom stereocenters. The molecule has 1 aromatic carbocycles. The number of rotatable bonds is 7. The monoisotopic (exact) mass is 361 g/mol. The number of esters is 1. The van der Waals surface area contributed by atoms with Crippen LogP contribution in [0.15, 0.2) is 29.3 Å². The lowest BCUT2D eigenvalue weighted by Crippen LogP contribution is -2.48.